The second-order valence-electron chi connectivity index (χ2n) is 3.57. The summed E-state index contributed by atoms with van der Waals surface area (Å²) >= 11 is 5.81. The van der Waals surface area contributed by atoms with Crippen molar-refractivity contribution in [3.05, 3.63) is 28.8 Å². The number of aliphatic hydroxyl groups excluding tert-OH is 1. The molecule has 1 atom stereocenters. The Kier molecular flexibility index (Phi) is 4.88. The van der Waals surface area contributed by atoms with Gasteiger partial charge in [0.05, 0.1) is 0 Å². The molecule has 0 bridgehead atoms. The highest BCUT2D eigenvalue weighted by Crippen LogP contribution is 2.21. The smallest absolute Gasteiger partial charge is 0.120 e. The zero-order valence-corrected chi connectivity index (χ0v) is 9.46. The van der Waals surface area contributed by atoms with Crippen LogP contribution in [-0.4, -0.2) is 22.9 Å². The van der Waals surface area contributed by atoms with Gasteiger partial charge in [-0.2, -0.15) is 0 Å². The number of nitrogens with one attached hydrogen (secondary N) is 1. The van der Waals surface area contributed by atoms with E-state index in [1.807, 2.05) is 6.92 Å². The standard InChI is InChI=1S/C11H16ClNO2/c1-8(4-5-14)13-7-9-6-10(12)2-3-11(9)15/h2-3,6,8,13-15H,4-5,7H2,1H3. The maximum atomic E-state index is 9.53. The summed E-state index contributed by atoms with van der Waals surface area (Å²) in [5.74, 6) is 0.239. The van der Waals surface area contributed by atoms with Crippen molar-refractivity contribution in [1.29, 1.82) is 0 Å². The molecule has 0 aromatic heterocycles. The van der Waals surface area contributed by atoms with Gasteiger partial charge in [-0.1, -0.05) is 11.6 Å². The van der Waals surface area contributed by atoms with Crippen molar-refractivity contribution >= 4 is 11.6 Å². The third-order valence-corrected chi connectivity index (χ3v) is 2.48. The number of aromatic hydroxyl groups is 1. The highest BCUT2D eigenvalue weighted by Gasteiger charge is 2.04. The largest absolute Gasteiger partial charge is 0.508 e. The van der Waals surface area contributed by atoms with Crippen molar-refractivity contribution in [3.63, 3.8) is 0 Å². The molecule has 1 aromatic carbocycles. The van der Waals surface area contributed by atoms with Crippen molar-refractivity contribution < 1.29 is 10.2 Å². The van der Waals surface area contributed by atoms with Gasteiger partial charge in [0.25, 0.3) is 0 Å². The van der Waals surface area contributed by atoms with E-state index in [9.17, 15) is 5.11 Å². The second-order valence-corrected chi connectivity index (χ2v) is 4.00. The van der Waals surface area contributed by atoms with Crippen LogP contribution in [0, 0.1) is 0 Å². The van der Waals surface area contributed by atoms with Crippen LogP contribution >= 0.6 is 11.6 Å². The lowest BCUT2D eigenvalue weighted by Crippen LogP contribution is -2.26. The molecule has 1 rings (SSSR count). The van der Waals surface area contributed by atoms with Gasteiger partial charge in [0.1, 0.15) is 5.75 Å². The Labute approximate surface area is 94.7 Å². The van der Waals surface area contributed by atoms with Gasteiger partial charge >= 0.3 is 0 Å². The Bertz CT molecular complexity index is 317. The maximum absolute atomic E-state index is 9.53. The van der Waals surface area contributed by atoms with E-state index in [4.69, 9.17) is 16.7 Å². The lowest BCUT2D eigenvalue weighted by atomic mass is 10.1. The topological polar surface area (TPSA) is 52.5 Å². The molecule has 15 heavy (non-hydrogen) atoms. The van der Waals surface area contributed by atoms with Crippen LogP contribution < -0.4 is 5.32 Å². The Morgan fingerprint density at radius 2 is 2.20 bits per heavy atom. The summed E-state index contributed by atoms with van der Waals surface area (Å²) in [7, 11) is 0. The van der Waals surface area contributed by atoms with E-state index in [-0.39, 0.29) is 18.4 Å². The number of hydrogen-bond donors (Lipinski definition) is 3. The number of halogens is 1. The van der Waals surface area contributed by atoms with Crippen molar-refractivity contribution in [2.45, 2.75) is 25.9 Å². The van der Waals surface area contributed by atoms with Gasteiger partial charge in [0.2, 0.25) is 0 Å². The molecule has 0 aliphatic carbocycles. The number of benzene rings is 1. The van der Waals surface area contributed by atoms with E-state index < -0.39 is 0 Å². The first-order chi connectivity index (χ1) is 7.13. The van der Waals surface area contributed by atoms with Gasteiger partial charge in [0.15, 0.2) is 0 Å². The summed E-state index contributed by atoms with van der Waals surface area (Å²) in [5.41, 5.74) is 0.771. The van der Waals surface area contributed by atoms with E-state index >= 15 is 0 Å². The van der Waals surface area contributed by atoms with Crippen molar-refractivity contribution in [2.75, 3.05) is 6.61 Å². The van der Waals surface area contributed by atoms with E-state index in [2.05, 4.69) is 5.32 Å². The van der Waals surface area contributed by atoms with Crippen LogP contribution in [0.2, 0.25) is 5.02 Å². The zero-order chi connectivity index (χ0) is 11.3. The van der Waals surface area contributed by atoms with Gasteiger partial charge in [-0.25, -0.2) is 0 Å². The first-order valence-electron chi connectivity index (χ1n) is 4.95. The van der Waals surface area contributed by atoms with Crippen LogP contribution in [0.1, 0.15) is 18.9 Å². The summed E-state index contributed by atoms with van der Waals surface area (Å²) in [4.78, 5) is 0. The molecular formula is C11H16ClNO2. The Hall–Kier alpha value is -0.770. The fraction of sp³-hybridized carbons (Fsp3) is 0.455. The minimum Gasteiger partial charge on any atom is -0.508 e. The molecule has 0 spiro atoms. The van der Waals surface area contributed by atoms with Gasteiger partial charge in [-0.05, 0) is 31.5 Å². The number of hydrogen-bond acceptors (Lipinski definition) is 3. The highest BCUT2D eigenvalue weighted by atomic mass is 35.5. The number of phenols is 1. The van der Waals surface area contributed by atoms with E-state index in [1.54, 1.807) is 18.2 Å². The van der Waals surface area contributed by atoms with Crippen molar-refractivity contribution in [1.82, 2.24) is 5.32 Å². The average molecular weight is 230 g/mol. The molecule has 4 heteroatoms. The zero-order valence-electron chi connectivity index (χ0n) is 8.70. The van der Waals surface area contributed by atoms with Gasteiger partial charge in [-0.15, -0.1) is 0 Å². The third-order valence-electron chi connectivity index (χ3n) is 2.24. The molecule has 0 aliphatic heterocycles. The Morgan fingerprint density at radius 3 is 2.87 bits per heavy atom. The number of phenolic OH excluding ortho intramolecular Hbond substituents is 1. The van der Waals surface area contributed by atoms with E-state index in [0.29, 0.717) is 18.0 Å². The monoisotopic (exact) mass is 229 g/mol. The summed E-state index contributed by atoms with van der Waals surface area (Å²) in [6.45, 7) is 2.70. The van der Waals surface area contributed by atoms with Gasteiger partial charge < -0.3 is 15.5 Å². The summed E-state index contributed by atoms with van der Waals surface area (Å²) in [5, 5.41) is 22.1. The van der Waals surface area contributed by atoms with Crippen LogP contribution in [0.5, 0.6) is 5.75 Å². The minimum atomic E-state index is 0.162. The summed E-state index contributed by atoms with van der Waals surface area (Å²) in [6, 6.07) is 5.18. The quantitative estimate of drug-likeness (QED) is 0.723. The highest BCUT2D eigenvalue weighted by molar-refractivity contribution is 6.30. The number of aliphatic hydroxyl groups is 1. The maximum Gasteiger partial charge on any atom is 0.120 e. The molecule has 0 aliphatic rings. The van der Waals surface area contributed by atoms with Crippen LogP contribution in [-0.2, 0) is 6.54 Å². The molecule has 84 valence electrons. The van der Waals surface area contributed by atoms with E-state index in [0.717, 1.165) is 5.56 Å². The van der Waals surface area contributed by atoms with E-state index in [1.165, 1.54) is 0 Å². The molecule has 0 fully saturated rings. The molecule has 0 radical (unpaired) electrons. The molecule has 3 N–H and O–H groups in total. The average Bonchev–Trinajstić information content (AvgIpc) is 2.20. The first-order valence-corrected chi connectivity index (χ1v) is 5.33. The lowest BCUT2D eigenvalue weighted by Gasteiger charge is -2.13. The van der Waals surface area contributed by atoms with Crippen molar-refractivity contribution in [2.24, 2.45) is 0 Å². The summed E-state index contributed by atoms with van der Waals surface area (Å²) in [6.07, 6.45) is 0.696. The molecular weight excluding hydrogens is 214 g/mol. The normalized spacial score (nSPS) is 12.7. The van der Waals surface area contributed by atoms with Crippen LogP contribution in [0.3, 0.4) is 0 Å². The van der Waals surface area contributed by atoms with Crippen molar-refractivity contribution in [3.8, 4) is 5.75 Å². The summed E-state index contributed by atoms with van der Waals surface area (Å²) < 4.78 is 0. The molecule has 1 aromatic rings. The predicted molar refractivity (Wildman–Crippen MR) is 61.1 cm³/mol. The molecule has 0 heterocycles. The Morgan fingerprint density at radius 1 is 1.47 bits per heavy atom. The van der Waals surface area contributed by atoms with Gasteiger partial charge in [0, 0.05) is 29.8 Å². The predicted octanol–water partition coefficient (Wildman–Crippen LogP) is 1.91. The fourth-order valence-electron chi connectivity index (χ4n) is 1.28. The van der Waals surface area contributed by atoms with Gasteiger partial charge in [-0.3, -0.25) is 0 Å². The lowest BCUT2D eigenvalue weighted by molar-refractivity contribution is 0.268. The van der Waals surface area contributed by atoms with Crippen LogP contribution in [0.15, 0.2) is 18.2 Å². The van der Waals surface area contributed by atoms with Crippen LogP contribution in [0.4, 0.5) is 0 Å². The molecule has 1 unspecified atom stereocenters. The molecule has 0 amide bonds. The number of rotatable bonds is 5. The molecule has 0 saturated carbocycles. The third kappa shape index (κ3) is 4.08. The Balaban J connectivity index is 2.53. The van der Waals surface area contributed by atoms with Crippen LogP contribution in [0.25, 0.3) is 0 Å². The second kappa shape index (κ2) is 5.95. The SMILES string of the molecule is CC(CCO)NCc1cc(Cl)ccc1O. The first kappa shape index (κ1) is 12.3. The molecule has 3 nitrogen and oxygen atoms in total. The minimum absolute atomic E-state index is 0.162. The molecule has 0 saturated heterocycles. The fourth-order valence-corrected chi connectivity index (χ4v) is 1.47.